The molecule has 0 radical (unpaired) electrons. The molecule has 22 heavy (non-hydrogen) atoms. The molecule has 0 amide bonds. The lowest BCUT2D eigenvalue weighted by Crippen LogP contribution is -2.46. The van der Waals surface area contributed by atoms with Crippen molar-refractivity contribution in [2.24, 2.45) is 0 Å². The summed E-state index contributed by atoms with van der Waals surface area (Å²) >= 11 is 1.73. The molecule has 1 aromatic heterocycles. The Morgan fingerprint density at radius 1 is 1.32 bits per heavy atom. The van der Waals surface area contributed by atoms with E-state index in [-0.39, 0.29) is 0 Å². The van der Waals surface area contributed by atoms with Crippen LogP contribution in [0.25, 0.3) is 11.3 Å². The van der Waals surface area contributed by atoms with Gasteiger partial charge in [0.05, 0.1) is 22.9 Å². The van der Waals surface area contributed by atoms with Crippen LogP contribution in [0, 0.1) is 0 Å². The molecule has 4 nitrogen and oxygen atoms in total. The zero-order valence-corrected chi connectivity index (χ0v) is 14.0. The summed E-state index contributed by atoms with van der Waals surface area (Å²) in [5.41, 5.74) is 8.74. The number of aromatic nitrogens is 1. The molecular formula is C17H23N3OS. The summed E-state index contributed by atoms with van der Waals surface area (Å²) in [4.78, 5) is 7.22. The van der Waals surface area contributed by atoms with Gasteiger partial charge in [0, 0.05) is 42.7 Å². The standard InChI is InChI=1S/C17H23N3OS/c1-12-9-20(10-13(2)21-12)7-6-17-19-16(11-22-17)14-4-3-5-15(18)8-14/h3-5,8,11-13H,6-7,9-10,18H2,1-2H3. The molecule has 0 bridgehead atoms. The molecule has 2 N–H and O–H groups in total. The van der Waals surface area contributed by atoms with Crippen molar-refractivity contribution >= 4 is 17.0 Å². The number of nitrogen functional groups attached to an aromatic ring is 1. The Morgan fingerprint density at radius 3 is 2.82 bits per heavy atom. The van der Waals surface area contributed by atoms with Crippen molar-refractivity contribution in [3.63, 3.8) is 0 Å². The Bertz CT molecular complexity index is 618. The summed E-state index contributed by atoms with van der Waals surface area (Å²) in [7, 11) is 0. The van der Waals surface area contributed by atoms with E-state index >= 15 is 0 Å². The first-order valence-corrected chi connectivity index (χ1v) is 8.66. The predicted molar refractivity (Wildman–Crippen MR) is 92.1 cm³/mol. The van der Waals surface area contributed by atoms with Gasteiger partial charge in [-0.15, -0.1) is 11.3 Å². The molecule has 1 fully saturated rings. The number of hydrogen-bond acceptors (Lipinski definition) is 5. The van der Waals surface area contributed by atoms with Crippen LogP contribution in [0.4, 0.5) is 5.69 Å². The lowest BCUT2D eigenvalue weighted by molar-refractivity contribution is -0.0675. The highest BCUT2D eigenvalue weighted by Gasteiger charge is 2.21. The highest BCUT2D eigenvalue weighted by atomic mass is 32.1. The van der Waals surface area contributed by atoms with E-state index in [0.717, 1.165) is 43.0 Å². The van der Waals surface area contributed by atoms with E-state index in [1.807, 2.05) is 18.2 Å². The average Bonchev–Trinajstić information content (AvgIpc) is 2.93. The third kappa shape index (κ3) is 3.85. The fourth-order valence-corrected chi connectivity index (χ4v) is 3.77. The SMILES string of the molecule is CC1CN(CCc2nc(-c3cccc(N)c3)cs2)CC(C)O1. The number of rotatable bonds is 4. The van der Waals surface area contributed by atoms with Crippen molar-refractivity contribution in [1.29, 1.82) is 0 Å². The van der Waals surface area contributed by atoms with Gasteiger partial charge in [-0.05, 0) is 26.0 Å². The van der Waals surface area contributed by atoms with Crippen molar-refractivity contribution in [2.45, 2.75) is 32.5 Å². The van der Waals surface area contributed by atoms with Gasteiger partial charge in [-0.3, -0.25) is 4.90 Å². The number of hydrogen-bond donors (Lipinski definition) is 1. The molecule has 0 spiro atoms. The molecule has 1 aliphatic rings. The molecular weight excluding hydrogens is 294 g/mol. The summed E-state index contributed by atoms with van der Waals surface area (Å²) in [5, 5.41) is 3.30. The van der Waals surface area contributed by atoms with Crippen molar-refractivity contribution < 1.29 is 4.74 Å². The molecule has 0 aliphatic carbocycles. The van der Waals surface area contributed by atoms with Gasteiger partial charge in [0.15, 0.2) is 0 Å². The number of nitrogens with two attached hydrogens (primary N) is 1. The second kappa shape index (κ2) is 6.77. The summed E-state index contributed by atoms with van der Waals surface area (Å²) in [6.45, 7) is 7.35. The Labute approximate surface area is 135 Å². The molecule has 2 atom stereocenters. The highest BCUT2D eigenvalue weighted by Crippen LogP contribution is 2.24. The first-order valence-electron chi connectivity index (χ1n) is 7.78. The van der Waals surface area contributed by atoms with Gasteiger partial charge in [-0.2, -0.15) is 0 Å². The summed E-state index contributed by atoms with van der Waals surface area (Å²) in [6.07, 6.45) is 1.64. The maximum atomic E-state index is 5.84. The quantitative estimate of drug-likeness (QED) is 0.881. The monoisotopic (exact) mass is 317 g/mol. The smallest absolute Gasteiger partial charge is 0.0945 e. The van der Waals surface area contributed by atoms with E-state index in [4.69, 9.17) is 15.5 Å². The average molecular weight is 317 g/mol. The van der Waals surface area contributed by atoms with Crippen LogP contribution < -0.4 is 5.73 Å². The van der Waals surface area contributed by atoms with Crippen molar-refractivity contribution in [1.82, 2.24) is 9.88 Å². The Hall–Kier alpha value is -1.43. The number of morpholine rings is 1. The normalized spacial score (nSPS) is 22.8. The van der Waals surface area contributed by atoms with Crippen LogP contribution in [-0.4, -0.2) is 41.7 Å². The van der Waals surface area contributed by atoms with Gasteiger partial charge in [-0.25, -0.2) is 4.98 Å². The minimum Gasteiger partial charge on any atom is -0.399 e. The largest absolute Gasteiger partial charge is 0.399 e. The Balaban J connectivity index is 1.60. The molecule has 2 heterocycles. The van der Waals surface area contributed by atoms with E-state index in [1.165, 1.54) is 5.01 Å². The van der Waals surface area contributed by atoms with Crippen LogP contribution in [-0.2, 0) is 11.2 Å². The number of benzene rings is 1. The Kier molecular flexibility index (Phi) is 4.76. The molecule has 1 saturated heterocycles. The van der Waals surface area contributed by atoms with Gasteiger partial charge in [-0.1, -0.05) is 12.1 Å². The van der Waals surface area contributed by atoms with E-state index in [2.05, 4.69) is 30.2 Å². The van der Waals surface area contributed by atoms with Crippen LogP contribution in [0.3, 0.4) is 0 Å². The molecule has 0 saturated carbocycles. The van der Waals surface area contributed by atoms with Crippen LogP contribution in [0.2, 0.25) is 0 Å². The highest BCUT2D eigenvalue weighted by molar-refractivity contribution is 7.09. The zero-order chi connectivity index (χ0) is 15.5. The topological polar surface area (TPSA) is 51.4 Å². The predicted octanol–water partition coefficient (Wildman–Crippen LogP) is 3.04. The van der Waals surface area contributed by atoms with Gasteiger partial charge in [0.1, 0.15) is 0 Å². The zero-order valence-electron chi connectivity index (χ0n) is 13.2. The molecule has 3 rings (SSSR count). The van der Waals surface area contributed by atoms with Gasteiger partial charge in [0.2, 0.25) is 0 Å². The number of nitrogens with zero attached hydrogens (tertiary/aromatic N) is 2. The van der Waals surface area contributed by atoms with E-state index in [9.17, 15) is 0 Å². The van der Waals surface area contributed by atoms with E-state index in [0.29, 0.717) is 12.2 Å². The fourth-order valence-electron chi connectivity index (χ4n) is 2.98. The van der Waals surface area contributed by atoms with Gasteiger partial charge in [0.25, 0.3) is 0 Å². The molecule has 118 valence electrons. The summed E-state index contributed by atoms with van der Waals surface area (Å²) in [6, 6.07) is 7.91. The first kappa shape index (κ1) is 15.5. The lowest BCUT2D eigenvalue weighted by atomic mass is 10.1. The second-order valence-electron chi connectivity index (χ2n) is 6.02. The van der Waals surface area contributed by atoms with Crippen LogP contribution >= 0.6 is 11.3 Å². The minimum absolute atomic E-state index is 0.322. The second-order valence-corrected chi connectivity index (χ2v) is 6.96. The summed E-state index contributed by atoms with van der Waals surface area (Å²) in [5.74, 6) is 0. The molecule has 1 aliphatic heterocycles. The van der Waals surface area contributed by atoms with Crippen molar-refractivity contribution in [2.75, 3.05) is 25.4 Å². The number of anilines is 1. The van der Waals surface area contributed by atoms with Gasteiger partial charge < -0.3 is 10.5 Å². The lowest BCUT2D eigenvalue weighted by Gasteiger charge is -2.35. The van der Waals surface area contributed by atoms with Crippen molar-refractivity contribution in [3.8, 4) is 11.3 Å². The fraction of sp³-hybridized carbons (Fsp3) is 0.471. The summed E-state index contributed by atoms with van der Waals surface area (Å²) < 4.78 is 5.78. The van der Waals surface area contributed by atoms with E-state index < -0.39 is 0 Å². The first-order chi connectivity index (χ1) is 10.6. The third-order valence-electron chi connectivity index (χ3n) is 3.87. The molecule has 2 unspecified atom stereocenters. The van der Waals surface area contributed by atoms with Gasteiger partial charge >= 0.3 is 0 Å². The third-order valence-corrected chi connectivity index (χ3v) is 4.78. The molecule has 2 aromatic rings. The molecule has 1 aromatic carbocycles. The Morgan fingerprint density at radius 2 is 2.09 bits per heavy atom. The maximum Gasteiger partial charge on any atom is 0.0945 e. The minimum atomic E-state index is 0.322. The van der Waals surface area contributed by atoms with E-state index in [1.54, 1.807) is 11.3 Å². The molecule has 5 heteroatoms. The van der Waals surface area contributed by atoms with Crippen molar-refractivity contribution in [3.05, 3.63) is 34.7 Å². The van der Waals surface area contributed by atoms with Crippen LogP contribution in [0.5, 0.6) is 0 Å². The number of ether oxygens (including phenoxy) is 1. The maximum absolute atomic E-state index is 5.84. The van der Waals surface area contributed by atoms with Crippen LogP contribution in [0.1, 0.15) is 18.9 Å². The van der Waals surface area contributed by atoms with Crippen LogP contribution in [0.15, 0.2) is 29.6 Å². The number of thiazole rings is 1.